The fourth-order valence-corrected chi connectivity index (χ4v) is 1.51. The van der Waals surface area contributed by atoms with E-state index in [2.05, 4.69) is 11.2 Å². The number of primary amides is 1. The summed E-state index contributed by atoms with van der Waals surface area (Å²) in [5.41, 5.74) is 6.20. The van der Waals surface area contributed by atoms with Gasteiger partial charge in [0, 0.05) is 12.8 Å². The van der Waals surface area contributed by atoms with Crippen LogP contribution in [-0.4, -0.2) is 17.9 Å². The second-order valence-corrected chi connectivity index (χ2v) is 3.92. The zero-order valence-electron chi connectivity index (χ0n) is 10.1. The Bertz CT molecular complexity index is 449. The van der Waals surface area contributed by atoms with Crippen LogP contribution < -0.4 is 11.1 Å². The first-order valence-corrected chi connectivity index (χ1v) is 5.69. The van der Waals surface area contributed by atoms with E-state index in [4.69, 9.17) is 12.2 Å². The lowest BCUT2D eigenvalue weighted by Gasteiger charge is -2.12. The number of terminal acetylenes is 1. The van der Waals surface area contributed by atoms with E-state index in [1.807, 2.05) is 30.3 Å². The van der Waals surface area contributed by atoms with Crippen molar-refractivity contribution in [3.8, 4) is 12.3 Å². The summed E-state index contributed by atoms with van der Waals surface area (Å²) in [6, 6.07) is 8.86. The van der Waals surface area contributed by atoms with Gasteiger partial charge in [-0.1, -0.05) is 30.3 Å². The van der Waals surface area contributed by atoms with Crippen molar-refractivity contribution in [3.05, 3.63) is 35.9 Å². The van der Waals surface area contributed by atoms with Crippen LogP contribution in [0.3, 0.4) is 0 Å². The molecule has 0 fully saturated rings. The van der Waals surface area contributed by atoms with Crippen LogP contribution >= 0.6 is 0 Å². The van der Waals surface area contributed by atoms with Crippen LogP contribution in [0.5, 0.6) is 0 Å². The molecule has 0 saturated heterocycles. The molecule has 0 aliphatic rings. The van der Waals surface area contributed by atoms with Crippen LogP contribution in [0.25, 0.3) is 0 Å². The minimum atomic E-state index is -0.779. The number of aryl methyl sites for hydroxylation is 1. The highest BCUT2D eigenvalue weighted by Gasteiger charge is 2.16. The fourth-order valence-electron chi connectivity index (χ4n) is 1.51. The first kappa shape index (κ1) is 13.8. The molecule has 1 atom stereocenters. The monoisotopic (exact) mass is 244 g/mol. The molecule has 1 rings (SSSR count). The van der Waals surface area contributed by atoms with E-state index in [0.29, 0.717) is 12.8 Å². The van der Waals surface area contributed by atoms with Gasteiger partial charge in [-0.3, -0.25) is 9.59 Å². The molecule has 4 heteroatoms. The van der Waals surface area contributed by atoms with Gasteiger partial charge in [0.1, 0.15) is 6.04 Å². The number of carbonyl (C=O) groups excluding carboxylic acids is 2. The van der Waals surface area contributed by atoms with Gasteiger partial charge in [0.15, 0.2) is 0 Å². The molecule has 0 aliphatic carbocycles. The van der Waals surface area contributed by atoms with Gasteiger partial charge < -0.3 is 11.1 Å². The molecule has 0 aromatic heterocycles. The van der Waals surface area contributed by atoms with Gasteiger partial charge in [-0.25, -0.2) is 0 Å². The predicted octanol–water partition coefficient (Wildman–Crippen LogP) is 0.613. The first-order valence-electron chi connectivity index (χ1n) is 5.69. The second kappa shape index (κ2) is 7.13. The van der Waals surface area contributed by atoms with Gasteiger partial charge >= 0.3 is 0 Å². The third kappa shape index (κ3) is 4.71. The number of hydrogen-bond acceptors (Lipinski definition) is 2. The molecule has 3 N–H and O–H groups in total. The summed E-state index contributed by atoms with van der Waals surface area (Å²) in [6.45, 7) is 0. The minimum Gasteiger partial charge on any atom is -0.368 e. The van der Waals surface area contributed by atoms with Crippen LogP contribution in [0, 0.1) is 12.3 Å². The summed E-state index contributed by atoms with van der Waals surface area (Å²) in [5.74, 6) is 1.48. The number of amides is 2. The van der Waals surface area contributed by atoms with Gasteiger partial charge in [0.25, 0.3) is 0 Å². The maximum atomic E-state index is 11.6. The van der Waals surface area contributed by atoms with E-state index < -0.39 is 11.9 Å². The molecule has 18 heavy (non-hydrogen) atoms. The van der Waals surface area contributed by atoms with E-state index in [0.717, 1.165) is 5.56 Å². The zero-order chi connectivity index (χ0) is 13.4. The average Bonchev–Trinajstić information content (AvgIpc) is 2.37. The Morgan fingerprint density at radius 3 is 2.56 bits per heavy atom. The van der Waals surface area contributed by atoms with E-state index in [9.17, 15) is 9.59 Å². The Morgan fingerprint density at radius 1 is 1.33 bits per heavy atom. The van der Waals surface area contributed by atoms with E-state index >= 15 is 0 Å². The number of nitrogens with two attached hydrogens (primary N) is 1. The molecule has 0 heterocycles. The van der Waals surface area contributed by atoms with Crippen LogP contribution in [0.1, 0.15) is 18.4 Å². The first-order chi connectivity index (χ1) is 8.63. The highest BCUT2D eigenvalue weighted by molar-refractivity contribution is 5.86. The largest absolute Gasteiger partial charge is 0.368 e. The SMILES string of the molecule is C#CC[C@@H](NC(=O)CCc1ccccc1)C(N)=O. The normalized spacial score (nSPS) is 11.3. The maximum Gasteiger partial charge on any atom is 0.240 e. The molecule has 0 unspecified atom stereocenters. The summed E-state index contributed by atoms with van der Waals surface area (Å²) in [7, 11) is 0. The molecule has 4 nitrogen and oxygen atoms in total. The molecule has 0 spiro atoms. The molecule has 0 saturated carbocycles. The van der Waals surface area contributed by atoms with Crippen molar-refractivity contribution in [1.29, 1.82) is 0 Å². The third-order valence-electron chi connectivity index (χ3n) is 2.48. The topological polar surface area (TPSA) is 72.2 Å². The molecule has 0 aliphatic heterocycles. The molecule has 94 valence electrons. The van der Waals surface area contributed by atoms with Crippen LogP contribution in [0.15, 0.2) is 30.3 Å². The average molecular weight is 244 g/mol. The van der Waals surface area contributed by atoms with Crippen LogP contribution in [-0.2, 0) is 16.0 Å². The molecule has 0 radical (unpaired) electrons. The van der Waals surface area contributed by atoms with Crippen LogP contribution in [0.4, 0.5) is 0 Å². The smallest absolute Gasteiger partial charge is 0.240 e. The van der Waals surface area contributed by atoms with Gasteiger partial charge in [-0.2, -0.15) is 0 Å². The van der Waals surface area contributed by atoms with E-state index in [1.165, 1.54) is 0 Å². The van der Waals surface area contributed by atoms with Crippen molar-refractivity contribution < 1.29 is 9.59 Å². The van der Waals surface area contributed by atoms with Gasteiger partial charge in [-0.05, 0) is 12.0 Å². The summed E-state index contributed by atoms with van der Waals surface area (Å²) in [4.78, 5) is 22.6. The summed E-state index contributed by atoms with van der Waals surface area (Å²) >= 11 is 0. The quantitative estimate of drug-likeness (QED) is 0.720. The Morgan fingerprint density at radius 2 is 2.00 bits per heavy atom. The molecular weight excluding hydrogens is 228 g/mol. The summed E-state index contributed by atoms with van der Waals surface area (Å²) in [6.07, 6.45) is 6.14. The maximum absolute atomic E-state index is 11.6. The second-order valence-electron chi connectivity index (χ2n) is 3.92. The molecule has 2 amide bonds. The van der Waals surface area contributed by atoms with Crippen LogP contribution in [0.2, 0.25) is 0 Å². The van der Waals surface area contributed by atoms with Crippen molar-refractivity contribution in [2.75, 3.05) is 0 Å². The predicted molar refractivity (Wildman–Crippen MR) is 69.3 cm³/mol. The van der Waals surface area contributed by atoms with Gasteiger partial charge in [0.2, 0.25) is 11.8 Å². The summed E-state index contributed by atoms with van der Waals surface area (Å²) < 4.78 is 0. The Kier molecular flexibility index (Phi) is 5.46. The van der Waals surface area contributed by atoms with Gasteiger partial charge in [0.05, 0.1) is 0 Å². The third-order valence-corrected chi connectivity index (χ3v) is 2.48. The van der Waals surface area contributed by atoms with Crippen molar-refractivity contribution in [3.63, 3.8) is 0 Å². The van der Waals surface area contributed by atoms with Crippen molar-refractivity contribution in [2.24, 2.45) is 5.73 Å². The minimum absolute atomic E-state index is 0.117. The van der Waals surface area contributed by atoms with Crippen molar-refractivity contribution >= 4 is 11.8 Å². The number of rotatable bonds is 6. The van der Waals surface area contributed by atoms with Gasteiger partial charge in [-0.15, -0.1) is 12.3 Å². The van der Waals surface area contributed by atoms with E-state index in [-0.39, 0.29) is 12.3 Å². The molecule has 1 aromatic rings. The highest BCUT2D eigenvalue weighted by atomic mass is 16.2. The molecule has 1 aromatic carbocycles. The van der Waals surface area contributed by atoms with Crippen molar-refractivity contribution in [2.45, 2.75) is 25.3 Å². The zero-order valence-corrected chi connectivity index (χ0v) is 10.1. The number of hydrogen-bond donors (Lipinski definition) is 2. The lowest BCUT2D eigenvalue weighted by atomic mass is 10.1. The Hall–Kier alpha value is -2.28. The molecular formula is C14H16N2O2. The highest BCUT2D eigenvalue weighted by Crippen LogP contribution is 2.02. The fraction of sp³-hybridized carbons (Fsp3) is 0.286. The Labute approximate surface area is 107 Å². The summed E-state index contributed by atoms with van der Waals surface area (Å²) in [5, 5.41) is 2.53. The number of nitrogens with one attached hydrogen (secondary N) is 1. The molecule has 0 bridgehead atoms. The standard InChI is InChI=1S/C14H16N2O2/c1-2-6-12(14(15)18)16-13(17)10-9-11-7-4-3-5-8-11/h1,3-5,7-8,12H,6,9-10H2,(H2,15,18)(H,16,17)/t12-/m1/s1. The van der Waals surface area contributed by atoms with E-state index in [1.54, 1.807) is 0 Å². The lowest BCUT2D eigenvalue weighted by Crippen LogP contribution is -2.44. The number of carbonyl (C=O) groups is 2. The number of benzene rings is 1. The van der Waals surface area contributed by atoms with Crippen molar-refractivity contribution in [1.82, 2.24) is 5.32 Å². The lowest BCUT2D eigenvalue weighted by molar-refractivity contribution is -0.127. The Balaban J connectivity index is 2.42.